The zero-order valence-corrected chi connectivity index (χ0v) is 20.2. The topological polar surface area (TPSA) is 80.0 Å². The Hall–Kier alpha value is -4.63. The number of aromatic hydroxyl groups is 1. The van der Waals surface area contributed by atoms with Crippen LogP contribution in [0.15, 0.2) is 97.5 Å². The van der Waals surface area contributed by atoms with Gasteiger partial charge in [-0.3, -0.25) is 9.78 Å². The summed E-state index contributed by atoms with van der Waals surface area (Å²) in [5, 5.41) is 17.7. The van der Waals surface area contributed by atoms with Gasteiger partial charge in [-0.05, 0) is 66.2 Å². The van der Waals surface area contributed by atoms with Crippen LogP contribution in [0.2, 0.25) is 5.02 Å². The summed E-state index contributed by atoms with van der Waals surface area (Å²) in [4.78, 5) is 16.7. The molecule has 0 saturated carbocycles. The minimum absolute atomic E-state index is 0.0845. The molecule has 0 aliphatic rings. The van der Waals surface area contributed by atoms with Gasteiger partial charge in [-0.15, -0.1) is 0 Å². The first-order valence-corrected chi connectivity index (χ1v) is 11.6. The Bertz CT molecular complexity index is 1640. The molecule has 0 aliphatic carbocycles. The zero-order valence-electron chi connectivity index (χ0n) is 19.4. The fourth-order valence-corrected chi connectivity index (χ4v) is 4.01. The average molecular weight is 535 g/mol. The van der Waals surface area contributed by atoms with Crippen LogP contribution in [-0.4, -0.2) is 25.8 Å². The SMILES string of the molecule is O=C(Nc1cccc(-n2cc(-c3ccncc3)c(-c3ccc(Cl)c(O)c3)n2)c1)c1cccc(C(F)(F)F)c1. The first kappa shape index (κ1) is 25.0. The zero-order chi connectivity index (χ0) is 26.9. The van der Waals surface area contributed by atoms with Gasteiger partial charge in [-0.2, -0.15) is 18.3 Å². The van der Waals surface area contributed by atoms with Gasteiger partial charge in [-0.25, -0.2) is 4.68 Å². The number of phenolic OH excluding ortho intramolecular Hbond substituents is 1. The molecule has 5 aromatic rings. The van der Waals surface area contributed by atoms with E-state index in [1.165, 1.54) is 18.2 Å². The van der Waals surface area contributed by atoms with Crippen molar-refractivity contribution in [2.45, 2.75) is 6.18 Å². The van der Waals surface area contributed by atoms with Crippen LogP contribution in [0.1, 0.15) is 15.9 Å². The number of carbonyl (C=O) groups excluding carboxylic acids is 1. The van der Waals surface area contributed by atoms with Crippen molar-refractivity contribution in [3.05, 3.63) is 114 Å². The highest BCUT2D eigenvalue weighted by Crippen LogP contribution is 2.35. The van der Waals surface area contributed by atoms with Gasteiger partial charge in [-0.1, -0.05) is 29.8 Å². The van der Waals surface area contributed by atoms with E-state index in [1.54, 1.807) is 59.7 Å². The van der Waals surface area contributed by atoms with E-state index in [-0.39, 0.29) is 16.3 Å². The van der Waals surface area contributed by atoms with Gasteiger partial charge in [0.2, 0.25) is 0 Å². The molecule has 1 amide bonds. The highest BCUT2D eigenvalue weighted by molar-refractivity contribution is 6.32. The Labute approximate surface area is 220 Å². The standard InChI is InChI=1S/C28H18ClF3N4O2/c29-24-8-7-18(14-25(24)37)26-23(17-9-11-33-12-10-17)16-36(35-26)22-6-2-5-21(15-22)34-27(38)19-3-1-4-20(13-19)28(30,31)32/h1-16,37H,(H,34,38). The van der Waals surface area contributed by atoms with Crippen LogP contribution >= 0.6 is 11.6 Å². The number of halogens is 4. The van der Waals surface area contributed by atoms with E-state index in [0.29, 0.717) is 22.6 Å². The van der Waals surface area contributed by atoms with Crippen molar-refractivity contribution >= 4 is 23.2 Å². The number of hydrogen-bond donors (Lipinski definition) is 2. The van der Waals surface area contributed by atoms with E-state index in [4.69, 9.17) is 16.7 Å². The lowest BCUT2D eigenvalue weighted by Crippen LogP contribution is -2.14. The fraction of sp³-hybridized carbons (Fsp3) is 0.0357. The number of nitrogens with one attached hydrogen (secondary N) is 1. The van der Waals surface area contributed by atoms with Gasteiger partial charge in [0.25, 0.3) is 5.91 Å². The normalized spacial score (nSPS) is 11.4. The maximum atomic E-state index is 13.1. The molecular weight excluding hydrogens is 517 g/mol. The first-order chi connectivity index (χ1) is 18.2. The molecule has 2 aromatic heterocycles. The summed E-state index contributed by atoms with van der Waals surface area (Å²) >= 11 is 5.99. The Morgan fingerprint density at radius 2 is 1.68 bits per heavy atom. The number of anilines is 1. The highest BCUT2D eigenvalue weighted by atomic mass is 35.5. The van der Waals surface area contributed by atoms with Crippen molar-refractivity contribution in [1.29, 1.82) is 0 Å². The molecule has 2 heterocycles. The smallest absolute Gasteiger partial charge is 0.416 e. The molecule has 3 aromatic carbocycles. The lowest BCUT2D eigenvalue weighted by molar-refractivity contribution is -0.137. The van der Waals surface area contributed by atoms with E-state index in [0.717, 1.165) is 23.3 Å². The monoisotopic (exact) mass is 534 g/mol. The quantitative estimate of drug-likeness (QED) is 0.249. The van der Waals surface area contributed by atoms with Crippen LogP contribution in [0.5, 0.6) is 5.75 Å². The fourth-order valence-electron chi connectivity index (χ4n) is 3.89. The third-order valence-corrected chi connectivity index (χ3v) is 6.07. The van der Waals surface area contributed by atoms with Crippen molar-refractivity contribution in [3.8, 4) is 33.8 Å². The summed E-state index contributed by atoms with van der Waals surface area (Å²) in [6, 6.07) is 19.4. The van der Waals surface area contributed by atoms with Gasteiger partial charge in [0.15, 0.2) is 0 Å². The number of aromatic nitrogens is 3. The Morgan fingerprint density at radius 3 is 2.42 bits per heavy atom. The molecule has 0 atom stereocenters. The second-order valence-corrected chi connectivity index (χ2v) is 8.73. The van der Waals surface area contributed by atoms with E-state index in [1.807, 2.05) is 12.1 Å². The van der Waals surface area contributed by atoms with Crippen LogP contribution < -0.4 is 5.32 Å². The van der Waals surface area contributed by atoms with Crippen LogP contribution in [0.4, 0.5) is 18.9 Å². The Balaban J connectivity index is 1.50. The van der Waals surface area contributed by atoms with E-state index < -0.39 is 17.6 Å². The Morgan fingerprint density at radius 1 is 0.921 bits per heavy atom. The molecule has 5 rings (SSSR count). The number of alkyl halides is 3. The van der Waals surface area contributed by atoms with Crippen LogP contribution in [0.25, 0.3) is 28.1 Å². The maximum Gasteiger partial charge on any atom is 0.416 e. The predicted octanol–water partition coefficient (Wildman–Crippen LogP) is 7.23. The molecule has 190 valence electrons. The van der Waals surface area contributed by atoms with Crippen molar-refractivity contribution in [2.24, 2.45) is 0 Å². The van der Waals surface area contributed by atoms with E-state index >= 15 is 0 Å². The number of phenols is 1. The number of benzene rings is 3. The molecule has 38 heavy (non-hydrogen) atoms. The lowest BCUT2D eigenvalue weighted by Gasteiger charge is -2.10. The van der Waals surface area contributed by atoms with E-state index in [9.17, 15) is 23.1 Å². The summed E-state index contributed by atoms with van der Waals surface area (Å²) in [6.07, 6.45) is 0.547. The lowest BCUT2D eigenvalue weighted by atomic mass is 10.0. The average Bonchev–Trinajstić information content (AvgIpc) is 3.36. The first-order valence-electron chi connectivity index (χ1n) is 11.3. The molecule has 6 nitrogen and oxygen atoms in total. The minimum atomic E-state index is -4.55. The van der Waals surface area contributed by atoms with Crippen molar-refractivity contribution < 1.29 is 23.1 Å². The summed E-state index contributed by atoms with van der Waals surface area (Å²) in [5.41, 5.74) is 2.74. The number of carbonyl (C=O) groups is 1. The molecule has 10 heteroatoms. The van der Waals surface area contributed by atoms with Crippen LogP contribution in [0.3, 0.4) is 0 Å². The van der Waals surface area contributed by atoms with Crippen molar-refractivity contribution in [2.75, 3.05) is 5.32 Å². The summed E-state index contributed by atoms with van der Waals surface area (Å²) in [7, 11) is 0. The molecule has 0 fully saturated rings. The Kier molecular flexibility index (Phi) is 6.61. The molecule has 0 aliphatic heterocycles. The number of nitrogens with zero attached hydrogens (tertiary/aromatic N) is 3. The predicted molar refractivity (Wildman–Crippen MR) is 138 cm³/mol. The largest absolute Gasteiger partial charge is 0.506 e. The third-order valence-electron chi connectivity index (χ3n) is 5.75. The molecular formula is C28H18ClF3N4O2. The third kappa shape index (κ3) is 5.23. The summed E-state index contributed by atoms with van der Waals surface area (Å²) in [6.45, 7) is 0. The molecule has 0 radical (unpaired) electrons. The minimum Gasteiger partial charge on any atom is -0.506 e. The van der Waals surface area contributed by atoms with E-state index in [2.05, 4.69) is 10.3 Å². The summed E-state index contributed by atoms with van der Waals surface area (Å²) < 4.78 is 40.8. The summed E-state index contributed by atoms with van der Waals surface area (Å²) in [5.74, 6) is -0.762. The number of rotatable bonds is 5. The van der Waals surface area contributed by atoms with Crippen molar-refractivity contribution in [1.82, 2.24) is 14.8 Å². The molecule has 0 bridgehead atoms. The molecule has 0 spiro atoms. The highest BCUT2D eigenvalue weighted by Gasteiger charge is 2.31. The van der Waals surface area contributed by atoms with Crippen LogP contribution in [0, 0.1) is 0 Å². The van der Waals surface area contributed by atoms with Gasteiger partial charge in [0.05, 0.1) is 16.3 Å². The molecule has 2 N–H and O–H groups in total. The second kappa shape index (κ2) is 10.0. The maximum absolute atomic E-state index is 13.1. The van der Waals surface area contributed by atoms with Gasteiger partial charge in [0, 0.05) is 41.0 Å². The molecule has 0 unspecified atom stereocenters. The number of pyridine rings is 1. The number of amides is 1. The van der Waals surface area contributed by atoms with Gasteiger partial charge < -0.3 is 10.4 Å². The second-order valence-electron chi connectivity index (χ2n) is 8.32. The van der Waals surface area contributed by atoms with Crippen molar-refractivity contribution in [3.63, 3.8) is 0 Å². The molecule has 0 saturated heterocycles. The van der Waals surface area contributed by atoms with Gasteiger partial charge >= 0.3 is 6.18 Å². The van der Waals surface area contributed by atoms with Crippen LogP contribution in [-0.2, 0) is 6.18 Å². The number of hydrogen-bond acceptors (Lipinski definition) is 4. The van der Waals surface area contributed by atoms with Gasteiger partial charge in [0.1, 0.15) is 11.4 Å².